The van der Waals surface area contributed by atoms with Gasteiger partial charge in [-0.15, -0.1) is 0 Å². The lowest BCUT2D eigenvalue weighted by Gasteiger charge is -2.36. The Morgan fingerprint density at radius 1 is 1.10 bits per heavy atom. The molecule has 1 amide bonds. The molecule has 2 fully saturated rings. The summed E-state index contributed by atoms with van der Waals surface area (Å²) in [6.07, 6.45) is 3.28. The summed E-state index contributed by atoms with van der Waals surface area (Å²) in [6.45, 7) is 5.40. The maximum Gasteiger partial charge on any atom is 0.249 e. The Balaban J connectivity index is 1.54. The van der Waals surface area contributed by atoms with Crippen molar-refractivity contribution >= 4 is 15.9 Å². The third-order valence-corrected chi connectivity index (χ3v) is 8.22. The van der Waals surface area contributed by atoms with Gasteiger partial charge < -0.3 is 5.32 Å². The molecule has 1 aromatic carbocycles. The number of piperazine rings is 1. The minimum atomic E-state index is -4.26. The van der Waals surface area contributed by atoms with Crippen LogP contribution in [0.25, 0.3) is 0 Å². The predicted octanol–water partition coefficient (Wildman–Crippen LogP) is 2.21. The Hall–Kier alpha value is -1.58. The van der Waals surface area contributed by atoms with Crippen molar-refractivity contribution in [2.45, 2.75) is 44.0 Å². The third kappa shape index (κ3) is 4.95. The molecule has 1 saturated heterocycles. The SMILES string of the molecule is CC1CCCC(NC(=O)CN2CCN(S(=O)(=O)c3c(F)cccc3F)CC2)C1C. The molecule has 3 rings (SSSR count). The van der Waals surface area contributed by atoms with Gasteiger partial charge in [0.2, 0.25) is 15.9 Å². The lowest BCUT2D eigenvalue weighted by molar-refractivity contribution is -0.124. The molecule has 162 valence electrons. The summed E-state index contributed by atoms with van der Waals surface area (Å²) < 4.78 is 54.2. The zero-order valence-electron chi connectivity index (χ0n) is 16.9. The summed E-state index contributed by atoms with van der Waals surface area (Å²) in [5.41, 5.74) is 0. The number of rotatable bonds is 5. The van der Waals surface area contributed by atoms with Gasteiger partial charge in [0.05, 0.1) is 6.54 Å². The van der Waals surface area contributed by atoms with E-state index in [1.54, 1.807) is 0 Å². The average Bonchev–Trinajstić information content (AvgIpc) is 2.65. The minimum Gasteiger partial charge on any atom is -0.352 e. The van der Waals surface area contributed by atoms with E-state index in [4.69, 9.17) is 0 Å². The minimum absolute atomic E-state index is 0.0626. The lowest BCUT2D eigenvalue weighted by atomic mass is 9.78. The number of nitrogens with one attached hydrogen (secondary N) is 1. The molecule has 3 atom stereocenters. The highest BCUT2D eigenvalue weighted by atomic mass is 32.2. The second-order valence-electron chi connectivity index (χ2n) is 8.17. The summed E-state index contributed by atoms with van der Waals surface area (Å²) >= 11 is 0. The first-order valence-electron chi connectivity index (χ1n) is 10.2. The summed E-state index contributed by atoms with van der Waals surface area (Å²) in [5, 5.41) is 3.12. The van der Waals surface area contributed by atoms with Gasteiger partial charge in [0.1, 0.15) is 11.6 Å². The zero-order valence-corrected chi connectivity index (χ0v) is 17.7. The molecule has 29 heavy (non-hydrogen) atoms. The molecule has 1 N–H and O–H groups in total. The van der Waals surface area contributed by atoms with Gasteiger partial charge in [0.25, 0.3) is 0 Å². The molecule has 6 nitrogen and oxygen atoms in total. The van der Waals surface area contributed by atoms with Crippen LogP contribution in [0, 0.1) is 23.5 Å². The second-order valence-corrected chi connectivity index (χ2v) is 10.0. The maximum absolute atomic E-state index is 13.9. The van der Waals surface area contributed by atoms with E-state index >= 15 is 0 Å². The summed E-state index contributed by atoms with van der Waals surface area (Å²) in [7, 11) is -4.26. The number of nitrogens with zero attached hydrogens (tertiary/aromatic N) is 2. The van der Waals surface area contributed by atoms with Crippen LogP contribution < -0.4 is 5.32 Å². The van der Waals surface area contributed by atoms with Gasteiger partial charge in [-0.05, 0) is 30.4 Å². The van der Waals surface area contributed by atoms with Gasteiger partial charge in [-0.3, -0.25) is 9.69 Å². The maximum atomic E-state index is 13.9. The normalized spacial score (nSPS) is 27.0. The van der Waals surface area contributed by atoms with E-state index in [1.165, 1.54) is 6.42 Å². The first kappa shape index (κ1) is 22.1. The molecule has 1 saturated carbocycles. The van der Waals surface area contributed by atoms with Crippen LogP contribution in [0.1, 0.15) is 33.1 Å². The highest BCUT2D eigenvalue weighted by molar-refractivity contribution is 7.89. The highest BCUT2D eigenvalue weighted by Gasteiger charge is 2.34. The average molecular weight is 430 g/mol. The van der Waals surface area contributed by atoms with Crippen molar-refractivity contribution in [3.8, 4) is 0 Å². The van der Waals surface area contributed by atoms with Gasteiger partial charge in [-0.2, -0.15) is 4.31 Å². The van der Waals surface area contributed by atoms with E-state index in [0.29, 0.717) is 24.9 Å². The molecule has 2 aliphatic rings. The fourth-order valence-electron chi connectivity index (χ4n) is 4.23. The van der Waals surface area contributed by atoms with Gasteiger partial charge in [-0.1, -0.05) is 32.8 Å². The first-order chi connectivity index (χ1) is 13.7. The van der Waals surface area contributed by atoms with Crippen LogP contribution in [-0.2, 0) is 14.8 Å². The molecule has 1 aliphatic carbocycles. The number of halogens is 2. The molecule has 9 heteroatoms. The lowest BCUT2D eigenvalue weighted by Crippen LogP contribution is -2.53. The molecule has 0 bridgehead atoms. The van der Waals surface area contributed by atoms with Crippen molar-refractivity contribution in [2.75, 3.05) is 32.7 Å². The summed E-state index contributed by atoms with van der Waals surface area (Å²) in [6, 6.07) is 3.18. The van der Waals surface area contributed by atoms with Crippen LogP contribution >= 0.6 is 0 Å². The molecule has 0 radical (unpaired) electrons. The Kier molecular flexibility index (Phi) is 6.90. The van der Waals surface area contributed by atoms with E-state index in [9.17, 15) is 22.0 Å². The predicted molar refractivity (Wildman–Crippen MR) is 106 cm³/mol. The van der Waals surface area contributed by atoms with E-state index in [-0.39, 0.29) is 31.6 Å². The van der Waals surface area contributed by atoms with Crippen molar-refractivity contribution in [3.63, 3.8) is 0 Å². The Morgan fingerprint density at radius 2 is 1.72 bits per heavy atom. The van der Waals surface area contributed by atoms with Gasteiger partial charge >= 0.3 is 0 Å². The molecule has 3 unspecified atom stereocenters. The monoisotopic (exact) mass is 429 g/mol. The van der Waals surface area contributed by atoms with Crippen LogP contribution in [0.3, 0.4) is 0 Å². The smallest absolute Gasteiger partial charge is 0.249 e. The Morgan fingerprint density at radius 3 is 2.34 bits per heavy atom. The zero-order chi connectivity index (χ0) is 21.2. The Labute approximate surface area is 171 Å². The van der Waals surface area contributed by atoms with E-state index in [0.717, 1.165) is 35.3 Å². The van der Waals surface area contributed by atoms with E-state index < -0.39 is 26.6 Å². The summed E-state index contributed by atoms with van der Waals surface area (Å²) in [4.78, 5) is 13.4. The molecular formula is C20H29F2N3O3S. The number of hydrogen-bond acceptors (Lipinski definition) is 4. The molecule has 1 aromatic rings. The van der Waals surface area contributed by atoms with E-state index in [2.05, 4.69) is 19.2 Å². The number of sulfonamides is 1. The summed E-state index contributed by atoms with van der Waals surface area (Å²) in [5.74, 6) is -1.23. The van der Waals surface area contributed by atoms with Crippen LogP contribution in [0.2, 0.25) is 0 Å². The molecule has 1 heterocycles. The van der Waals surface area contributed by atoms with Crippen LogP contribution in [0.5, 0.6) is 0 Å². The molecular weight excluding hydrogens is 400 g/mol. The highest BCUT2D eigenvalue weighted by Crippen LogP contribution is 2.29. The molecule has 0 spiro atoms. The fraction of sp³-hybridized carbons (Fsp3) is 0.650. The van der Waals surface area contributed by atoms with Crippen LogP contribution in [0.4, 0.5) is 8.78 Å². The first-order valence-corrected chi connectivity index (χ1v) is 11.6. The number of carbonyl (C=O) groups is 1. The van der Waals surface area contributed by atoms with Gasteiger partial charge in [0.15, 0.2) is 4.90 Å². The second kappa shape index (κ2) is 9.06. The number of benzene rings is 1. The van der Waals surface area contributed by atoms with Crippen molar-refractivity contribution in [2.24, 2.45) is 11.8 Å². The number of hydrogen-bond donors (Lipinski definition) is 1. The van der Waals surface area contributed by atoms with Crippen molar-refractivity contribution in [1.29, 1.82) is 0 Å². The quantitative estimate of drug-likeness (QED) is 0.779. The molecule has 0 aromatic heterocycles. The van der Waals surface area contributed by atoms with Crippen molar-refractivity contribution in [1.82, 2.24) is 14.5 Å². The molecule has 1 aliphatic heterocycles. The van der Waals surface area contributed by atoms with Crippen LogP contribution in [0.15, 0.2) is 23.1 Å². The van der Waals surface area contributed by atoms with E-state index in [1.807, 2.05) is 4.90 Å². The van der Waals surface area contributed by atoms with Gasteiger partial charge in [0, 0.05) is 32.2 Å². The number of carbonyl (C=O) groups excluding carboxylic acids is 1. The topological polar surface area (TPSA) is 69.7 Å². The third-order valence-electron chi connectivity index (χ3n) is 6.27. The Bertz CT molecular complexity index is 821. The van der Waals surface area contributed by atoms with Crippen LogP contribution in [-0.4, -0.2) is 62.3 Å². The van der Waals surface area contributed by atoms with Crippen molar-refractivity contribution < 1.29 is 22.0 Å². The fourth-order valence-corrected chi connectivity index (χ4v) is 5.76. The standard InChI is InChI=1S/C20H29F2N3O3S/c1-14-5-3-8-18(15(14)2)23-19(26)13-24-9-11-25(12-10-24)29(27,28)20-16(21)6-4-7-17(20)22/h4,6-7,14-15,18H,3,5,8-13H2,1-2H3,(H,23,26). The van der Waals surface area contributed by atoms with Gasteiger partial charge in [-0.25, -0.2) is 17.2 Å². The largest absolute Gasteiger partial charge is 0.352 e. The van der Waals surface area contributed by atoms with Crippen molar-refractivity contribution in [3.05, 3.63) is 29.8 Å². The number of amides is 1.